The molecule has 0 radical (unpaired) electrons. The Labute approximate surface area is 176 Å². The van der Waals surface area contributed by atoms with E-state index in [0.29, 0.717) is 24.2 Å². The van der Waals surface area contributed by atoms with Crippen molar-refractivity contribution in [2.24, 2.45) is 5.92 Å². The molecule has 0 aliphatic heterocycles. The number of nitrogens with zero attached hydrogens (tertiary/aromatic N) is 1. The van der Waals surface area contributed by atoms with Crippen molar-refractivity contribution in [2.75, 3.05) is 20.7 Å². The molecule has 1 aliphatic rings. The molecule has 156 valence electrons. The van der Waals surface area contributed by atoms with Gasteiger partial charge in [0, 0.05) is 53.7 Å². The average molecular weight is 416 g/mol. The number of aryl methyl sites for hydroxylation is 1. The van der Waals surface area contributed by atoms with Crippen molar-refractivity contribution >= 4 is 34.9 Å². The summed E-state index contributed by atoms with van der Waals surface area (Å²) < 4.78 is 4.95. The summed E-state index contributed by atoms with van der Waals surface area (Å²) >= 11 is 1.54. The van der Waals surface area contributed by atoms with Gasteiger partial charge < -0.3 is 9.64 Å². The van der Waals surface area contributed by atoms with Gasteiger partial charge in [-0.05, 0) is 62.8 Å². The molecular weight excluding hydrogens is 386 g/mol. The fourth-order valence-corrected chi connectivity index (χ4v) is 4.23. The van der Waals surface area contributed by atoms with Crippen LogP contribution in [-0.2, 0) is 14.3 Å². The topological polar surface area (TPSA) is 63.7 Å². The van der Waals surface area contributed by atoms with Crippen LogP contribution >= 0.6 is 11.3 Å². The molecule has 29 heavy (non-hydrogen) atoms. The van der Waals surface area contributed by atoms with Gasteiger partial charge in [-0.3, -0.25) is 9.59 Å². The SMILES string of the molecule is CCOC(=O)/C=C/C(=C/C=O)C(=C\N(C)C)/c1sc(C)c(C)c1C(=O)CC1CC1. The maximum absolute atomic E-state index is 13.1. The number of thiophene rings is 1. The predicted molar refractivity (Wildman–Crippen MR) is 117 cm³/mol. The van der Waals surface area contributed by atoms with Crippen molar-refractivity contribution in [3.8, 4) is 0 Å². The summed E-state index contributed by atoms with van der Waals surface area (Å²) in [6.45, 7) is 5.99. The van der Waals surface area contributed by atoms with Crippen molar-refractivity contribution in [3.63, 3.8) is 0 Å². The molecule has 1 heterocycles. The minimum absolute atomic E-state index is 0.147. The van der Waals surface area contributed by atoms with Crippen LogP contribution in [0.3, 0.4) is 0 Å². The molecule has 0 aromatic carbocycles. The number of carbonyl (C=O) groups excluding carboxylic acids is 3. The molecule has 6 heteroatoms. The Morgan fingerprint density at radius 2 is 1.90 bits per heavy atom. The first-order valence-corrected chi connectivity index (χ1v) is 10.6. The standard InChI is InChI=1S/C23H29NO4S/c1-6-28-21(27)10-9-18(11-12-25)19(14-24(4)5)23-22(15(2)16(3)29-23)20(26)13-17-7-8-17/h9-12,14,17H,6-8,13H2,1-5H3/b10-9+,18-11-,19-14+. The zero-order valence-corrected chi connectivity index (χ0v) is 18.6. The van der Waals surface area contributed by atoms with E-state index in [0.717, 1.165) is 39.3 Å². The van der Waals surface area contributed by atoms with E-state index in [1.165, 1.54) is 12.2 Å². The number of hydrogen-bond acceptors (Lipinski definition) is 6. The molecule has 0 bridgehead atoms. The summed E-state index contributed by atoms with van der Waals surface area (Å²) in [4.78, 5) is 39.9. The third kappa shape index (κ3) is 6.26. The van der Waals surface area contributed by atoms with Crippen LogP contribution in [0.5, 0.6) is 0 Å². The molecule has 1 saturated carbocycles. The van der Waals surface area contributed by atoms with Gasteiger partial charge in [-0.1, -0.05) is 0 Å². The molecule has 0 saturated heterocycles. The molecule has 5 nitrogen and oxygen atoms in total. The van der Waals surface area contributed by atoms with Gasteiger partial charge in [0.1, 0.15) is 6.29 Å². The van der Waals surface area contributed by atoms with E-state index in [1.807, 2.05) is 39.0 Å². The molecule has 0 spiro atoms. The molecule has 0 unspecified atom stereocenters. The Hall–Kier alpha value is -2.47. The monoisotopic (exact) mass is 415 g/mol. The number of ether oxygens (including phenoxy) is 1. The summed E-state index contributed by atoms with van der Waals surface area (Å²) in [6, 6.07) is 0. The number of hydrogen-bond donors (Lipinski definition) is 0. The fraction of sp³-hybridized carbons (Fsp3) is 0.435. The first kappa shape index (κ1) is 22.8. The van der Waals surface area contributed by atoms with Crippen molar-refractivity contribution in [1.29, 1.82) is 0 Å². The second-order valence-electron chi connectivity index (χ2n) is 7.41. The van der Waals surface area contributed by atoms with Gasteiger partial charge in [0.2, 0.25) is 0 Å². The first-order chi connectivity index (χ1) is 13.8. The lowest BCUT2D eigenvalue weighted by Gasteiger charge is -2.14. The highest BCUT2D eigenvalue weighted by Gasteiger charge is 2.29. The largest absolute Gasteiger partial charge is 0.463 e. The molecule has 1 aromatic rings. The Bertz CT molecular complexity index is 870. The number of aldehydes is 1. The van der Waals surface area contributed by atoms with Crippen LogP contribution in [0.25, 0.3) is 5.57 Å². The highest BCUT2D eigenvalue weighted by molar-refractivity contribution is 7.13. The Morgan fingerprint density at radius 1 is 1.21 bits per heavy atom. The van der Waals surface area contributed by atoms with Crippen LogP contribution in [0.2, 0.25) is 0 Å². The van der Waals surface area contributed by atoms with Crippen LogP contribution in [-0.4, -0.2) is 43.6 Å². The van der Waals surface area contributed by atoms with E-state index < -0.39 is 5.97 Å². The molecular formula is C23H29NO4S. The number of ketones is 1. The van der Waals surface area contributed by atoms with Crippen molar-refractivity contribution in [1.82, 2.24) is 4.90 Å². The molecule has 0 atom stereocenters. The van der Waals surface area contributed by atoms with E-state index in [9.17, 15) is 14.4 Å². The van der Waals surface area contributed by atoms with Crippen molar-refractivity contribution < 1.29 is 19.1 Å². The van der Waals surface area contributed by atoms with Gasteiger partial charge in [-0.15, -0.1) is 11.3 Å². The van der Waals surface area contributed by atoms with Gasteiger partial charge in [0.15, 0.2) is 5.78 Å². The lowest BCUT2D eigenvalue weighted by molar-refractivity contribution is -0.137. The molecule has 0 N–H and O–H groups in total. The molecule has 1 aliphatic carbocycles. The van der Waals surface area contributed by atoms with Gasteiger partial charge >= 0.3 is 5.97 Å². The maximum Gasteiger partial charge on any atom is 0.330 e. The summed E-state index contributed by atoms with van der Waals surface area (Å²) in [5.74, 6) is 0.163. The summed E-state index contributed by atoms with van der Waals surface area (Å²) in [7, 11) is 3.76. The van der Waals surface area contributed by atoms with E-state index in [4.69, 9.17) is 4.74 Å². The second kappa shape index (κ2) is 10.3. The van der Waals surface area contributed by atoms with E-state index >= 15 is 0 Å². The first-order valence-electron chi connectivity index (χ1n) is 9.80. The smallest absolute Gasteiger partial charge is 0.330 e. The van der Waals surface area contributed by atoms with Crippen LogP contribution in [0.1, 0.15) is 51.9 Å². The number of Topliss-reactive ketones (excluding diaryl/α,β-unsaturated/α-hetero) is 1. The highest BCUT2D eigenvalue weighted by atomic mass is 32.1. The summed E-state index contributed by atoms with van der Waals surface area (Å²) in [5.41, 5.74) is 3.01. The Balaban J connectivity index is 2.55. The zero-order valence-electron chi connectivity index (χ0n) is 17.8. The third-order valence-electron chi connectivity index (χ3n) is 4.71. The lowest BCUT2D eigenvalue weighted by atomic mass is 9.95. The minimum Gasteiger partial charge on any atom is -0.463 e. The van der Waals surface area contributed by atoms with Crippen LogP contribution in [0.4, 0.5) is 0 Å². The third-order valence-corrected chi connectivity index (χ3v) is 5.95. The highest BCUT2D eigenvalue weighted by Crippen LogP contribution is 2.40. The molecule has 2 rings (SSSR count). The van der Waals surface area contributed by atoms with Gasteiger partial charge in [0.05, 0.1) is 6.61 Å². The molecule has 1 fully saturated rings. The van der Waals surface area contributed by atoms with Crippen molar-refractivity contribution in [3.05, 3.63) is 50.9 Å². The Kier molecular flexibility index (Phi) is 8.14. The minimum atomic E-state index is -0.475. The van der Waals surface area contributed by atoms with Crippen molar-refractivity contribution in [2.45, 2.75) is 40.0 Å². The molecule has 0 amide bonds. The second-order valence-corrected chi connectivity index (χ2v) is 8.63. The summed E-state index contributed by atoms with van der Waals surface area (Å²) in [6.07, 6.45) is 9.64. The zero-order chi connectivity index (χ0) is 21.6. The van der Waals surface area contributed by atoms with E-state index in [-0.39, 0.29) is 12.4 Å². The lowest BCUT2D eigenvalue weighted by Crippen LogP contribution is -2.08. The maximum atomic E-state index is 13.1. The van der Waals surface area contributed by atoms with Gasteiger partial charge in [-0.25, -0.2) is 4.79 Å². The van der Waals surface area contributed by atoms with Crippen LogP contribution in [0.15, 0.2) is 30.0 Å². The number of allylic oxidation sites excluding steroid dienone is 4. The number of esters is 1. The Morgan fingerprint density at radius 3 is 2.45 bits per heavy atom. The van der Waals surface area contributed by atoms with Gasteiger partial charge in [0.25, 0.3) is 0 Å². The number of carbonyl (C=O) groups is 3. The molecule has 1 aromatic heterocycles. The number of rotatable bonds is 10. The normalized spacial score (nSPS) is 14.9. The summed E-state index contributed by atoms with van der Waals surface area (Å²) in [5, 5.41) is 0. The van der Waals surface area contributed by atoms with Gasteiger partial charge in [-0.2, -0.15) is 0 Å². The fourth-order valence-electron chi connectivity index (χ4n) is 3.02. The quantitative estimate of drug-likeness (QED) is 0.185. The predicted octanol–water partition coefficient (Wildman–Crippen LogP) is 4.49. The van der Waals surface area contributed by atoms with E-state index in [1.54, 1.807) is 24.3 Å². The van der Waals surface area contributed by atoms with E-state index in [2.05, 4.69) is 0 Å². The van der Waals surface area contributed by atoms with Crippen LogP contribution < -0.4 is 0 Å². The average Bonchev–Trinajstić information content (AvgIpc) is 3.41. The van der Waals surface area contributed by atoms with Crippen LogP contribution in [0, 0.1) is 19.8 Å².